The second kappa shape index (κ2) is 7.04. The van der Waals surface area contributed by atoms with Crippen molar-refractivity contribution in [3.05, 3.63) is 24.0 Å². The zero-order valence-corrected chi connectivity index (χ0v) is 15.5. The number of ether oxygens (including phenoxy) is 1. The van der Waals surface area contributed by atoms with Crippen molar-refractivity contribution in [2.45, 2.75) is 38.3 Å². The molecule has 2 heterocycles. The number of carbonyl (C=O) groups is 2. The summed E-state index contributed by atoms with van der Waals surface area (Å²) in [5.41, 5.74) is 0.151. The van der Waals surface area contributed by atoms with E-state index in [0.29, 0.717) is 50.5 Å². The summed E-state index contributed by atoms with van der Waals surface area (Å²) in [4.78, 5) is 29.6. The van der Waals surface area contributed by atoms with Crippen molar-refractivity contribution in [2.75, 3.05) is 19.7 Å². The van der Waals surface area contributed by atoms with Crippen LogP contribution in [0, 0.1) is 23.2 Å². The molecule has 3 aliphatic rings. The zero-order valence-electron chi connectivity index (χ0n) is 15.5. The number of aromatic nitrogens is 1. The number of rotatable bonds is 5. The fraction of sp³-hybridized carbons (Fsp3) is 0.650. The molecule has 5 nitrogen and oxygen atoms in total. The van der Waals surface area contributed by atoms with Crippen molar-refractivity contribution in [3.63, 3.8) is 0 Å². The highest BCUT2D eigenvalue weighted by Gasteiger charge is 2.61. The lowest BCUT2D eigenvalue weighted by Gasteiger charge is -2.32. The van der Waals surface area contributed by atoms with E-state index in [1.807, 2.05) is 0 Å². The summed E-state index contributed by atoms with van der Waals surface area (Å²) in [6, 6.07) is 3.40. The van der Waals surface area contributed by atoms with Crippen LogP contribution in [0.1, 0.15) is 42.6 Å². The quantitative estimate of drug-likeness (QED) is 0.715. The first-order valence-electron chi connectivity index (χ1n) is 9.71. The molecule has 2 unspecified atom stereocenters. The third-order valence-electron chi connectivity index (χ3n) is 6.58. The molecular formula is C20H23F3N2O3. The Morgan fingerprint density at radius 3 is 2.75 bits per heavy atom. The maximum atomic E-state index is 12.8. The minimum absolute atomic E-state index is 0.0119. The molecule has 1 aromatic rings. The Balaban J connectivity index is 1.31. The van der Waals surface area contributed by atoms with E-state index >= 15 is 0 Å². The van der Waals surface area contributed by atoms with Crippen molar-refractivity contribution in [1.82, 2.24) is 9.88 Å². The Morgan fingerprint density at radius 2 is 2.07 bits per heavy atom. The second-order valence-electron chi connectivity index (χ2n) is 8.37. The molecule has 28 heavy (non-hydrogen) atoms. The van der Waals surface area contributed by atoms with E-state index < -0.39 is 12.1 Å². The summed E-state index contributed by atoms with van der Waals surface area (Å²) in [6.07, 6.45) is -0.303. The van der Waals surface area contributed by atoms with Crippen LogP contribution in [-0.4, -0.2) is 47.9 Å². The first-order chi connectivity index (χ1) is 13.3. The number of pyridine rings is 1. The molecule has 1 amide bonds. The summed E-state index contributed by atoms with van der Waals surface area (Å²) in [5, 5.41) is 0. The molecule has 2 atom stereocenters. The van der Waals surface area contributed by atoms with Gasteiger partial charge in [0.05, 0.1) is 12.5 Å². The molecule has 4 rings (SSSR count). The Kier molecular flexibility index (Phi) is 4.83. The van der Waals surface area contributed by atoms with E-state index in [-0.39, 0.29) is 35.8 Å². The number of aldehydes is 1. The highest BCUT2D eigenvalue weighted by atomic mass is 19.4. The molecule has 1 aliphatic heterocycles. The zero-order chi connectivity index (χ0) is 19.9. The Morgan fingerprint density at radius 1 is 1.32 bits per heavy atom. The molecule has 0 bridgehead atoms. The summed E-state index contributed by atoms with van der Waals surface area (Å²) in [5.74, 6) is -0.780. The molecule has 2 aliphatic carbocycles. The van der Waals surface area contributed by atoms with Crippen molar-refractivity contribution in [1.29, 1.82) is 0 Å². The van der Waals surface area contributed by atoms with Gasteiger partial charge in [-0.1, -0.05) is 0 Å². The number of hydrogen-bond acceptors (Lipinski definition) is 4. The maximum Gasteiger partial charge on any atom is 0.391 e. The average molecular weight is 396 g/mol. The van der Waals surface area contributed by atoms with Crippen LogP contribution in [-0.2, 0) is 4.79 Å². The van der Waals surface area contributed by atoms with Crippen LogP contribution in [0.25, 0.3) is 0 Å². The first kappa shape index (κ1) is 19.2. The largest absolute Gasteiger partial charge is 0.491 e. The Bertz CT molecular complexity index is 761. The number of likely N-dealkylation sites (tertiary alicyclic amines) is 1. The van der Waals surface area contributed by atoms with E-state index in [0.717, 1.165) is 6.42 Å². The van der Waals surface area contributed by atoms with Crippen molar-refractivity contribution < 1.29 is 27.5 Å². The van der Waals surface area contributed by atoms with Crippen molar-refractivity contribution in [2.24, 2.45) is 23.2 Å². The predicted molar refractivity (Wildman–Crippen MR) is 93.7 cm³/mol. The summed E-state index contributed by atoms with van der Waals surface area (Å²) in [7, 11) is 0. The fourth-order valence-corrected chi connectivity index (χ4v) is 4.75. The van der Waals surface area contributed by atoms with Crippen LogP contribution in [0.2, 0.25) is 0 Å². The molecule has 0 radical (unpaired) electrons. The van der Waals surface area contributed by atoms with Gasteiger partial charge >= 0.3 is 6.18 Å². The van der Waals surface area contributed by atoms with Gasteiger partial charge in [-0.2, -0.15) is 13.2 Å². The van der Waals surface area contributed by atoms with Gasteiger partial charge in [0.1, 0.15) is 11.4 Å². The normalized spacial score (nSPS) is 32.0. The number of hydrogen-bond donors (Lipinski definition) is 0. The molecule has 1 saturated heterocycles. The molecule has 3 fully saturated rings. The highest BCUT2D eigenvalue weighted by molar-refractivity contribution is 5.79. The van der Waals surface area contributed by atoms with E-state index in [4.69, 9.17) is 4.74 Å². The molecule has 2 saturated carbocycles. The summed E-state index contributed by atoms with van der Waals surface area (Å²) in [6.45, 7) is 1.64. The molecule has 152 valence electrons. The standard InChI is InChI=1S/C20H23F3N2O3/c21-20(22,23)14-5-3-13(4-6-14)18(27)25-9-15-8-19(15,11-25)12-28-17-2-1-7-24-16(17)10-26/h1-2,7,10,13-15H,3-6,8-9,11-12H2. The van der Waals surface area contributed by atoms with Crippen LogP contribution in [0.3, 0.4) is 0 Å². The van der Waals surface area contributed by atoms with Gasteiger partial charge in [0.15, 0.2) is 6.29 Å². The number of carbonyl (C=O) groups excluding carboxylic acids is 2. The van der Waals surface area contributed by atoms with E-state index in [2.05, 4.69) is 4.98 Å². The van der Waals surface area contributed by atoms with Gasteiger partial charge in [-0.25, -0.2) is 4.98 Å². The van der Waals surface area contributed by atoms with Crippen LogP contribution < -0.4 is 4.74 Å². The lowest BCUT2D eigenvalue weighted by Crippen LogP contribution is -2.40. The third-order valence-corrected chi connectivity index (χ3v) is 6.58. The number of alkyl halides is 3. The predicted octanol–water partition coefficient (Wildman–Crippen LogP) is 3.49. The van der Waals surface area contributed by atoms with Crippen LogP contribution in [0.4, 0.5) is 13.2 Å². The van der Waals surface area contributed by atoms with Gasteiger partial charge in [-0.05, 0) is 50.2 Å². The fourth-order valence-electron chi connectivity index (χ4n) is 4.75. The molecule has 0 N–H and O–H groups in total. The number of fused-ring (bicyclic) bond motifs is 1. The SMILES string of the molecule is O=Cc1ncccc1OCC12CC1CN(C(=O)C1CCC(C(F)(F)F)CC1)C2. The molecule has 0 spiro atoms. The molecular weight excluding hydrogens is 373 g/mol. The number of amides is 1. The van der Waals surface area contributed by atoms with Crippen LogP contribution in [0.5, 0.6) is 5.75 Å². The van der Waals surface area contributed by atoms with Gasteiger partial charge in [0.2, 0.25) is 5.91 Å². The smallest absolute Gasteiger partial charge is 0.391 e. The van der Waals surface area contributed by atoms with Gasteiger partial charge in [0, 0.05) is 30.6 Å². The second-order valence-corrected chi connectivity index (χ2v) is 8.37. The third kappa shape index (κ3) is 3.61. The van der Waals surface area contributed by atoms with Gasteiger partial charge < -0.3 is 9.64 Å². The number of halogens is 3. The molecule has 1 aromatic heterocycles. The van der Waals surface area contributed by atoms with Gasteiger partial charge in [0.25, 0.3) is 0 Å². The summed E-state index contributed by atoms with van der Waals surface area (Å²) >= 11 is 0. The average Bonchev–Trinajstić information content (AvgIpc) is 3.25. The lowest BCUT2D eigenvalue weighted by molar-refractivity contribution is -0.185. The van der Waals surface area contributed by atoms with Crippen molar-refractivity contribution >= 4 is 12.2 Å². The number of nitrogens with zero attached hydrogens (tertiary/aromatic N) is 2. The minimum atomic E-state index is -4.16. The maximum absolute atomic E-state index is 12.8. The van der Waals surface area contributed by atoms with Crippen LogP contribution in [0.15, 0.2) is 18.3 Å². The van der Waals surface area contributed by atoms with E-state index in [9.17, 15) is 22.8 Å². The lowest BCUT2D eigenvalue weighted by atomic mass is 9.81. The highest BCUT2D eigenvalue weighted by Crippen LogP contribution is 2.58. The van der Waals surface area contributed by atoms with Gasteiger partial charge in [-0.3, -0.25) is 9.59 Å². The van der Waals surface area contributed by atoms with E-state index in [1.165, 1.54) is 6.20 Å². The topological polar surface area (TPSA) is 59.5 Å². The number of piperidine rings is 1. The van der Waals surface area contributed by atoms with Gasteiger partial charge in [-0.15, -0.1) is 0 Å². The Labute approximate surface area is 161 Å². The first-order valence-corrected chi connectivity index (χ1v) is 9.71. The molecule has 0 aromatic carbocycles. The minimum Gasteiger partial charge on any atom is -0.491 e. The molecule has 8 heteroatoms. The monoisotopic (exact) mass is 396 g/mol. The summed E-state index contributed by atoms with van der Waals surface area (Å²) < 4.78 is 44.3. The van der Waals surface area contributed by atoms with E-state index in [1.54, 1.807) is 17.0 Å². The Hall–Kier alpha value is -2.12. The van der Waals surface area contributed by atoms with Crippen LogP contribution >= 0.6 is 0 Å². The van der Waals surface area contributed by atoms with Crippen molar-refractivity contribution in [3.8, 4) is 5.75 Å².